The summed E-state index contributed by atoms with van der Waals surface area (Å²) in [5.41, 5.74) is 1.54. The number of rotatable bonds is 15. The van der Waals surface area contributed by atoms with Crippen LogP contribution in [0.25, 0.3) is 0 Å². The standard InChI is InChI=1S/C29H36N4O7/c1-4-5-9-14-31-27(35)23(17-21-12-13-25(22(15-21)18-30)40-19-26(34)38-2)32-28(36)24(33-29(37)39-3)16-20-10-7-6-8-11-20/h6-8,10-13,15,23-24H,4-5,9,14,16-17,19H2,1-3H3,(H,31,35)(H,32,36)(H,33,37). The van der Waals surface area contributed by atoms with E-state index in [0.29, 0.717) is 12.1 Å². The van der Waals surface area contributed by atoms with Crippen molar-refractivity contribution < 1.29 is 33.4 Å². The van der Waals surface area contributed by atoms with Gasteiger partial charge in [0, 0.05) is 19.4 Å². The van der Waals surface area contributed by atoms with Crippen molar-refractivity contribution >= 4 is 23.9 Å². The summed E-state index contributed by atoms with van der Waals surface area (Å²) in [6.45, 7) is 2.13. The smallest absolute Gasteiger partial charge is 0.407 e. The van der Waals surface area contributed by atoms with E-state index >= 15 is 0 Å². The highest BCUT2D eigenvalue weighted by Gasteiger charge is 2.28. The molecule has 0 spiro atoms. The molecule has 0 bridgehead atoms. The number of ether oxygens (including phenoxy) is 3. The summed E-state index contributed by atoms with van der Waals surface area (Å²) < 4.78 is 14.6. The molecule has 0 radical (unpaired) electrons. The molecule has 3 N–H and O–H groups in total. The Morgan fingerprint density at radius 1 is 0.875 bits per heavy atom. The van der Waals surface area contributed by atoms with Gasteiger partial charge in [-0.3, -0.25) is 9.59 Å². The summed E-state index contributed by atoms with van der Waals surface area (Å²) in [6.07, 6.45) is 2.17. The summed E-state index contributed by atoms with van der Waals surface area (Å²) >= 11 is 0. The zero-order chi connectivity index (χ0) is 29.3. The maximum atomic E-state index is 13.4. The fraction of sp³-hybridized carbons (Fsp3) is 0.414. The zero-order valence-corrected chi connectivity index (χ0v) is 23.0. The maximum absolute atomic E-state index is 13.4. The van der Waals surface area contributed by atoms with Gasteiger partial charge in [-0.1, -0.05) is 56.2 Å². The summed E-state index contributed by atoms with van der Waals surface area (Å²) in [7, 11) is 2.43. The maximum Gasteiger partial charge on any atom is 0.407 e. The predicted molar refractivity (Wildman–Crippen MR) is 146 cm³/mol. The molecule has 3 amide bonds. The number of hydrogen-bond acceptors (Lipinski definition) is 8. The summed E-state index contributed by atoms with van der Waals surface area (Å²) in [5, 5.41) is 17.7. The predicted octanol–water partition coefficient (Wildman–Crippen LogP) is 2.41. The number of nitrogens with zero attached hydrogens (tertiary/aromatic N) is 1. The number of unbranched alkanes of at least 4 members (excludes halogenated alkanes) is 2. The molecule has 2 aromatic carbocycles. The molecule has 2 atom stereocenters. The third-order valence-corrected chi connectivity index (χ3v) is 5.97. The van der Waals surface area contributed by atoms with E-state index in [-0.39, 0.29) is 30.8 Å². The first-order valence-electron chi connectivity index (χ1n) is 13.0. The van der Waals surface area contributed by atoms with Crippen LogP contribution < -0.4 is 20.7 Å². The van der Waals surface area contributed by atoms with Gasteiger partial charge in [0.1, 0.15) is 23.9 Å². The van der Waals surface area contributed by atoms with Crippen molar-refractivity contribution in [1.82, 2.24) is 16.0 Å². The number of methoxy groups -OCH3 is 2. The van der Waals surface area contributed by atoms with Crippen LogP contribution in [0.15, 0.2) is 48.5 Å². The molecule has 0 aliphatic carbocycles. The second-order valence-electron chi connectivity index (χ2n) is 8.95. The van der Waals surface area contributed by atoms with Crippen molar-refractivity contribution in [3.05, 3.63) is 65.2 Å². The third-order valence-electron chi connectivity index (χ3n) is 5.97. The zero-order valence-electron chi connectivity index (χ0n) is 23.0. The molecule has 0 aliphatic rings. The molecule has 0 saturated heterocycles. The van der Waals surface area contributed by atoms with Crippen LogP contribution in [0, 0.1) is 11.3 Å². The van der Waals surface area contributed by atoms with E-state index in [1.807, 2.05) is 36.4 Å². The minimum absolute atomic E-state index is 0.0631. The van der Waals surface area contributed by atoms with Crippen molar-refractivity contribution in [3.8, 4) is 11.8 Å². The Hall–Kier alpha value is -4.59. The molecule has 11 nitrogen and oxygen atoms in total. The van der Waals surface area contributed by atoms with Gasteiger partial charge in [-0.05, 0) is 29.7 Å². The lowest BCUT2D eigenvalue weighted by Gasteiger charge is -2.23. The number of hydrogen-bond donors (Lipinski definition) is 3. The highest BCUT2D eigenvalue weighted by atomic mass is 16.6. The lowest BCUT2D eigenvalue weighted by Crippen LogP contribution is -2.55. The van der Waals surface area contributed by atoms with E-state index in [4.69, 9.17) is 9.47 Å². The van der Waals surface area contributed by atoms with E-state index in [2.05, 4.69) is 27.6 Å². The van der Waals surface area contributed by atoms with Crippen LogP contribution in [0.5, 0.6) is 5.75 Å². The van der Waals surface area contributed by atoms with E-state index in [0.717, 1.165) is 24.8 Å². The Bertz CT molecular complexity index is 1180. The molecular formula is C29H36N4O7. The van der Waals surface area contributed by atoms with Crippen LogP contribution in [-0.4, -0.2) is 63.3 Å². The number of esters is 1. The van der Waals surface area contributed by atoms with Gasteiger partial charge in [0.15, 0.2) is 6.61 Å². The molecule has 0 saturated carbocycles. The van der Waals surface area contributed by atoms with Crippen LogP contribution in [0.4, 0.5) is 4.79 Å². The van der Waals surface area contributed by atoms with Gasteiger partial charge in [-0.25, -0.2) is 9.59 Å². The summed E-state index contributed by atoms with van der Waals surface area (Å²) in [5.74, 6) is -1.38. The third kappa shape index (κ3) is 10.6. The molecule has 2 unspecified atom stereocenters. The molecule has 2 rings (SSSR count). The molecule has 0 aliphatic heterocycles. The van der Waals surface area contributed by atoms with Crippen molar-refractivity contribution in [1.29, 1.82) is 5.26 Å². The molecule has 0 heterocycles. The van der Waals surface area contributed by atoms with Crippen LogP contribution in [0.2, 0.25) is 0 Å². The van der Waals surface area contributed by atoms with Gasteiger partial charge in [0.25, 0.3) is 0 Å². The minimum atomic E-state index is -1.01. The normalized spacial score (nSPS) is 11.8. The molecular weight excluding hydrogens is 516 g/mol. The fourth-order valence-corrected chi connectivity index (χ4v) is 3.80. The first kappa shape index (κ1) is 31.6. The van der Waals surface area contributed by atoms with Crippen molar-refractivity contribution in [2.45, 2.75) is 51.1 Å². The molecule has 214 valence electrons. The van der Waals surface area contributed by atoms with Gasteiger partial charge < -0.3 is 30.2 Å². The average molecular weight is 553 g/mol. The largest absolute Gasteiger partial charge is 0.481 e. The average Bonchev–Trinajstić information content (AvgIpc) is 2.97. The van der Waals surface area contributed by atoms with E-state index in [1.54, 1.807) is 6.07 Å². The Balaban J connectivity index is 2.26. The molecule has 2 aromatic rings. The molecule has 0 fully saturated rings. The first-order valence-corrected chi connectivity index (χ1v) is 13.0. The summed E-state index contributed by atoms with van der Waals surface area (Å²) in [6, 6.07) is 13.8. The highest BCUT2D eigenvalue weighted by molar-refractivity contribution is 5.91. The molecule has 0 aromatic heterocycles. The first-order chi connectivity index (χ1) is 19.3. The lowest BCUT2D eigenvalue weighted by atomic mass is 10.0. The van der Waals surface area contributed by atoms with Crippen molar-refractivity contribution in [2.24, 2.45) is 0 Å². The second-order valence-corrected chi connectivity index (χ2v) is 8.95. The Morgan fingerprint density at radius 2 is 1.57 bits per heavy atom. The fourth-order valence-electron chi connectivity index (χ4n) is 3.80. The number of nitriles is 1. The van der Waals surface area contributed by atoms with Crippen LogP contribution in [0.3, 0.4) is 0 Å². The van der Waals surface area contributed by atoms with Crippen molar-refractivity contribution in [3.63, 3.8) is 0 Å². The van der Waals surface area contributed by atoms with E-state index in [1.165, 1.54) is 26.4 Å². The Labute approximate surface area is 234 Å². The topological polar surface area (TPSA) is 156 Å². The van der Waals surface area contributed by atoms with Crippen LogP contribution in [-0.2, 0) is 36.7 Å². The number of benzene rings is 2. The van der Waals surface area contributed by atoms with Crippen LogP contribution in [0.1, 0.15) is 42.9 Å². The number of amides is 3. The molecule has 40 heavy (non-hydrogen) atoms. The minimum Gasteiger partial charge on any atom is -0.481 e. The lowest BCUT2D eigenvalue weighted by molar-refractivity contribution is -0.142. The number of nitrogens with one attached hydrogen (secondary N) is 3. The van der Waals surface area contributed by atoms with E-state index in [9.17, 15) is 24.4 Å². The van der Waals surface area contributed by atoms with Gasteiger partial charge in [-0.2, -0.15) is 5.26 Å². The monoisotopic (exact) mass is 552 g/mol. The van der Waals surface area contributed by atoms with Gasteiger partial charge in [0.05, 0.1) is 19.8 Å². The van der Waals surface area contributed by atoms with Gasteiger partial charge in [0.2, 0.25) is 11.8 Å². The Morgan fingerprint density at radius 3 is 2.23 bits per heavy atom. The van der Waals surface area contributed by atoms with Crippen LogP contribution >= 0.6 is 0 Å². The SMILES string of the molecule is CCCCCNC(=O)C(Cc1ccc(OCC(=O)OC)c(C#N)c1)NC(=O)C(Cc1ccccc1)NC(=O)OC. The number of carbonyl (C=O) groups excluding carboxylic acids is 4. The quantitative estimate of drug-likeness (QED) is 0.225. The highest BCUT2D eigenvalue weighted by Crippen LogP contribution is 2.20. The summed E-state index contributed by atoms with van der Waals surface area (Å²) in [4.78, 5) is 49.9. The molecule has 11 heteroatoms. The van der Waals surface area contributed by atoms with Crippen molar-refractivity contribution in [2.75, 3.05) is 27.4 Å². The second kappa shape index (κ2) is 17.1. The van der Waals surface area contributed by atoms with Gasteiger partial charge >= 0.3 is 12.1 Å². The Kier molecular flexibility index (Phi) is 13.5. The van der Waals surface area contributed by atoms with Gasteiger partial charge in [-0.15, -0.1) is 0 Å². The van der Waals surface area contributed by atoms with E-state index < -0.39 is 36.0 Å². The number of carbonyl (C=O) groups is 4. The number of alkyl carbamates (subject to hydrolysis) is 1.